The molecule has 1 amide bonds. The van der Waals surface area contributed by atoms with Gasteiger partial charge in [0.15, 0.2) is 0 Å². The highest BCUT2D eigenvalue weighted by Crippen LogP contribution is 2.31. The van der Waals surface area contributed by atoms with E-state index in [0.29, 0.717) is 11.8 Å². The first-order chi connectivity index (χ1) is 9.27. The van der Waals surface area contributed by atoms with E-state index in [1.807, 2.05) is 0 Å². The zero-order valence-corrected chi connectivity index (χ0v) is 13.0. The predicted octanol–water partition coefficient (Wildman–Crippen LogP) is 4.68. The summed E-state index contributed by atoms with van der Waals surface area (Å²) in [7, 11) is 0. The lowest BCUT2D eigenvalue weighted by Gasteiger charge is -2.27. The Bertz CT molecular complexity index is 231. The lowest BCUT2D eigenvalue weighted by Crippen LogP contribution is -2.33. The average Bonchev–Trinajstić information content (AvgIpc) is 2.45. The Hall–Kier alpha value is -0.530. The first-order valence-corrected chi connectivity index (χ1v) is 8.55. The third kappa shape index (κ3) is 6.98. The van der Waals surface area contributed by atoms with Crippen LogP contribution in [0.15, 0.2) is 0 Å². The quantitative estimate of drug-likeness (QED) is 0.604. The fourth-order valence-corrected chi connectivity index (χ4v) is 3.11. The van der Waals surface area contributed by atoms with Crippen LogP contribution < -0.4 is 5.32 Å². The normalized spacial score (nSPS) is 23.3. The fourth-order valence-electron chi connectivity index (χ4n) is 3.11. The van der Waals surface area contributed by atoms with Gasteiger partial charge in [-0.25, -0.2) is 0 Å². The van der Waals surface area contributed by atoms with E-state index in [1.54, 1.807) is 0 Å². The molecule has 0 atom stereocenters. The minimum Gasteiger partial charge on any atom is -0.356 e. The van der Waals surface area contributed by atoms with Gasteiger partial charge in [-0.15, -0.1) is 0 Å². The molecule has 0 bridgehead atoms. The Morgan fingerprint density at radius 2 is 1.63 bits per heavy atom. The highest BCUT2D eigenvalue weighted by atomic mass is 16.1. The smallest absolute Gasteiger partial charge is 0.223 e. The third-order valence-corrected chi connectivity index (χ3v) is 4.51. The highest BCUT2D eigenvalue weighted by Gasteiger charge is 2.25. The van der Waals surface area contributed by atoms with Crippen molar-refractivity contribution in [3.63, 3.8) is 0 Å². The van der Waals surface area contributed by atoms with Gasteiger partial charge >= 0.3 is 0 Å². The van der Waals surface area contributed by atoms with Crippen molar-refractivity contribution < 1.29 is 4.79 Å². The molecule has 2 heteroatoms. The molecule has 0 saturated heterocycles. The number of amides is 1. The Morgan fingerprint density at radius 1 is 0.947 bits per heavy atom. The van der Waals surface area contributed by atoms with Gasteiger partial charge in [-0.3, -0.25) is 4.79 Å². The lowest BCUT2D eigenvalue weighted by atomic mass is 9.79. The lowest BCUT2D eigenvalue weighted by molar-refractivity contribution is -0.126. The van der Waals surface area contributed by atoms with E-state index >= 15 is 0 Å². The maximum atomic E-state index is 12.0. The number of hydrogen-bond acceptors (Lipinski definition) is 1. The molecule has 0 aliphatic heterocycles. The van der Waals surface area contributed by atoms with Gasteiger partial charge in [0.2, 0.25) is 5.91 Å². The second kappa shape index (κ2) is 10.3. The molecule has 0 unspecified atom stereocenters. The van der Waals surface area contributed by atoms with Crippen LogP contribution in [0.3, 0.4) is 0 Å². The molecule has 0 aromatic rings. The van der Waals surface area contributed by atoms with E-state index in [2.05, 4.69) is 19.2 Å². The summed E-state index contributed by atoms with van der Waals surface area (Å²) < 4.78 is 0. The summed E-state index contributed by atoms with van der Waals surface area (Å²) in [4.78, 5) is 12.0. The van der Waals surface area contributed by atoms with Crippen LogP contribution in [0.2, 0.25) is 0 Å². The summed E-state index contributed by atoms with van der Waals surface area (Å²) in [6.07, 6.45) is 13.8. The summed E-state index contributed by atoms with van der Waals surface area (Å²) in [5.74, 6) is 1.53. The molecule has 0 aromatic carbocycles. The van der Waals surface area contributed by atoms with E-state index in [1.165, 1.54) is 51.4 Å². The van der Waals surface area contributed by atoms with Gasteiger partial charge in [-0.05, 0) is 38.0 Å². The molecule has 2 nitrogen and oxygen atoms in total. The van der Waals surface area contributed by atoms with Crippen molar-refractivity contribution in [3.8, 4) is 0 Å². The topological polar surface area (TPSA) is 29.1 Å². The number of rotatable bonds is 9. The molecule has 1 fully saturated rings. The largest absolute Gasteiger partial charge is 0.356 e. The molecule has 0 radical (unpaired) electrons. The number of nitrogens with one attached hydrogen (secondary N) is 1. The van der Waals surface area contributed by atoms with Crippen molar-refractivity contribution in [2.45, 2.75) is 84.5 Å². The number of carbonyl (C=O) groups excluding carboxylic acids is 1. The predicted molar refractivity (Wildman–Crippen MR) is 82.1 cm³/mol. The Balaban J connectivity index is 2.07. The Morgan fingerprint density at radius 3 is 2.26 bits per heavy atom. The molecule has 1 rings (SSSR count). The van der Waals surface area contributed by atoms with E-state index in [9.17, 15) is 4.79 Å². The van der Waals surface area contributed by atoms with Gasteiger partial charge in [-0.1, -0.05) is 52.4 Å². The highest BCUT2D eigenvalue weighted by molar-refractivity contribution is 5.78. The van der Waals surface area contributed by atoms with Crippen LogP contribution in [0.5, 0.6) is 0 Å². The molecule has 1 aliphatic carbocycles. The standard InChI is InChI=1S/C17H33NO/c1-3-5-7-8-14-18-17(19)16-12-10-15(11-13-16)9-6-4-2/h15-16H,3-14H2,1-2H3,(H,18,19). The molecular formula is C17H33NO. The summed E-state index contributed by atoms with van der Waals surface area (Å²) >= 11 is 0. The van der Waals surface area contributed by atoms with Crippen LogP contribution >= 0.6 is 0 Å². The average molecular weight is 267 g/mol. The SMILES string of the molecule is CCCCCCNC(=O)C1CCC(CCCC)CC1. The van der Waals surface area contributed by atoms with Crippen LogP contribution in [0, 0.1) is 11.8 Å². The van der Waals surface area contributed by atoms with Gasteiger partial charge < -0.3 is 5.32 Å². The van der Waals surface area contributed by atoms with Gasteiger partial charge in [0.1, 0.15) is 0 Å². The molecule has 1 saturated carbocycles. The number of carbonyl (C=O) groups is 1. The minimum absolute atomic E-state index is 0.309. The number of unbranched alkanes of at least 4 members (excludes halogenated alkanes) is 4. The van der Waals surface area contributed by atoms with Crippen LogP contribution in [0.1, 0.15) is 84.5 Å². The molecule has 0 spiro atoms. The van der Waals surface area contributed by atoms with Crippen molar-refractivity contribution >= 4 is 5.91 Å². The van der Waals surface area contributed by atoms with Gasteiger partial charge in [-0.2, -0.15) is 0 Å². The van der Waals surface area contributed by atoms with Crippen molar-refractivity contribution in [3.05, 3.63) is 0 Å². The summed E-state index contributed by atoms with van der Waals surface area (Å²) in [6.45, 7) is 5.36. The molecular weight excluding hydrogens is 234 g/mol. The fraction of sp³-hybridized carbons (Fsp3) is 0.941. The minimum atomic E-state index is 0.309. The van der Waals surface area contributed by atoms with Crippen molar-refractivity contribution in [1.29, 1.82) is 0 Å². The third-order valence-electron chi connectivity index (χ3n) is 4.51. The van der Waals surface area contributed by atoms with Crippen LogP contribution in [0.4, 0.5) is 0 Å². The second-order valence-corrected chi connectivity index (χ2v) is 6.21. The Kier molecular flexibility index (Phi) is 8.94. The second-order valence-electron chi connectivity index (χ2n) is 6.21. The molecule has 1 N–H and O–H groups in total. The molecule has 112 valence electrons. The summed E-state index contributed by atoms with van der Waals surface area (Å²) in [5.41, 5.74) is 0. The molecule has 0 heterocycles. The molecule has 1 aliphatic rings. The number of hydrogen-bond donors (Lipinski definition) is 1. The van der Waals surface area contributed by atoms with E-state index < -0.39 is 0 Å². The van der Waals surface area contributed by atoms with E-state index in [4.69, 9.17) is 0 Å². The maximum absolute atomic E-state index is 12.0. The van der Waals surface area contributed by atoms with Crippen molar-refractivity contribution in [2.75, 3.05) is 6.54 Å². The summed E-state index contributed by atoms with van der Waals surface area (Å²) in [5, 5.41) is 3.13. The van der Waals surface area contributed by atoms with Gasteiger partial charge in [0.25, 0.3) is 0 Å². The zero-order chi connectivity index (χ0) is 13.9. The zero-order valence-electron chi connectivity index (χ0n) is 13.0. The van der Waals surface area contributed by atoms with E-state index in [-0.39, 0.29) is 0 Å². The monoisotopic (exact) mass is 267 g/mol. The van der Waals surface area contributed by atoms with Crippen LogP contribution in [-0.4, -0.2) is 12.5 Å². The van der Waals surface area contributed by atoms with Crippen LogP contribution in [-0.2, 0) is 4.79 Å². The summed E-state index contributed by atoms with van der Waals surface area (Å²) in [6, 6.07) is 0. The van der Waals surface area contributed by atoms with Crippen molar-refractivity contribution in [1.82, 2.24) is 5.32 Å². The first kappa shape index (κ1) is 16.5. The molecule has 0 aromatic heterocycles. The molecule has 19 heavy (non-hydrogen) atoms. The van der Waals surface area contributed by atoms with Crippen LogP contribution in [0.25, 0.3) is 0 Å². The van der Waals surface area contributed by atoms with Gasteiger partial charge in [0.05, 0.1) is 0 Å². The maximum Gasteiger partial charge on any atom is 0.223 e. The first-order valence-electron chi connectivity index (χ1n) is 8.55. The van der Waals surface area contributed by atoms with Gasteiger partial charge in [0, 0.05) is 12.5 Å². The van der Waals surface area contributed by atoms with Crippen molar-refractivity contribution in [2.24, 2.45) is 11.8 Å². The van der Waals surface area contributed by atoms with E-state index in [0.717, 1.165) is 31.7 Å². The Labute approximate surface area is 119 Å².